The van der Waals surface area contributed by atoms with Crippen LogP contribution in [0.3, 0.4) is 0 Å². The molecule has 5 nitrogen and oxygen atoms in total. The lowest BCUT2D eigenvalue weighted by atomic mass is 9.88. The summed E-state index contributed by atoms with van der Waals surface area (Å²) in [6.45, 7) is 5.62. The molecule has 1 atom stereocenters. The van der Waals surface area contributed by atoms with Crippen molar-refractivity contribution in [1.82, 2.24) is 9.62 Å². The first kappa shape index (κ1) is 25.1. The molecule has 0 aliphatic heterocycles. The van der Waals surface area contributed by atoms with Gasteiger partial charge in [-0.2, -0.15) is 4.31 Å². The number of amides is 1. The van der Waals surface area contributed by atoms with Gasteiger partial charge in [-0.05, 0) is 74.3 Å². The van der Waals surface area contributed by atoms with Crippen LogP contribution in [0.5, 0.6) is 0 Å². The predicted molar refractivity (Wildman–Crippen MR) is 140 cm³/mol. The van der Waals surface area contributed by atoms with E-state index < -0.39 is 10.0 Å². The maximum Gasteiger partial charge on any atom is 0.244 e. The SMILES string of the molecule is Cc1cc(C)c(S(=O)(=O)N(CCc2ccccc2)CC(=O)NC2CCCc3ccccc32)c(C)c1. The van der Waals surface area contributed by atoms with Crippen LogP contribution in [0, 0.1) is 20.8 Å². The van der Waals surface area contributed by atoms with E-state index in [1.807, 2.05) is 75.4 Å². The topological polar surface area (TPSA) is 66.5 Å². The normalized spacial score (nSPS) is 15.6. The van der Waals surface area contributed by atoms with Gasteiger partial charge in [0.05, 0.1) is 17.5 Å². The summed E-state index contributed by atoms with van der Waals surface area (Å²) < 4.78 is 29.1. The molecule has 0 fully saturated rings. The number of aryl methyl sites for hydroxylation is 4. The van der Waals surface area contributed by atoms with E-state index in [2.05, 4.69) is 17.4 Å². The molecular weight excluding hydrogens is 456 g/mol. The van der Waals surface area contributed by atoms with Crippen LogP contribution in [-0.2, 0) is 27.7 Å². The van der Waals surface area contributed by atoms with Crippen molar-refractivity contribution in [2.45, 2.75) is 57.4 Å². The predicted octanol–water partition coefficient (Wildman–Crippen LogP) is 5.04. The highest BCUT2D eigenvalue weighted by Gasteiger charge is 2.31. The lowest BCUT2D eigenvalue weighted by molar-refractivity contribution is -0.122. The number of sulfonamides is 1. The van der Waals surface area contributed by atoms with Gasteiger partial charge in [0.25, 0.3) is 0 Å². The quantitative estimate of drug-likeness (QED) is 0.481. The monoisotopic (exact) mass is 490 g/mol. The van der Waals surface area contributed by atoms with Gasteiger partial charge in [-0.3, -0.25) is 4.79 Å². The smallest absolute Gasteiger partial charge is 0.244 e. The van der Waals surface area contributed by atoms with Crippen LogP contribution in [0.4, 0.5) is 0 Å². The summed E-state index contributed by atoms with van der Waals surface area (Å²) in [5, 5.41) is 3.12. The summed E-state index contributed by atoms with van der Waals surface area (Å²) >= 11 is 0. The van der Waals surface area contributed by atoms with Crippen molar-refractivity contribution >= 4 is 15.9 Å². The van der Waals surface area contributed by atoms with Crippen LogP contribution in [0.25, 0.3) is 0 Å². The Kier molecular flexibility index (Phi) is 7.72. The maximum atomic E-state index is 13.9. The van der Waals surface area contributed by atoms with Gasteiger partial charge < -0.3 is 5.32 Å². The standard InChI is InChI=1S/C29H34N2O3S/c1-21-18-22(2)29(23(3)19-21)35(33,34)31(17-16-24-10-5-4-6-11-24)20-28(32)30-27-15-9-13-25-12-7-8-14-26(25)27/h4-8,10-12,14,18-19,27H,9,13,15-17,20H2,1-3H3,(H,30,32). The molecule has 3 aromatic rings. The molecular formula is C29H34N2O3S. The fourth-order valence-corrected chi connectivity index (χ4v) is 7.00. The van der Waals surface area contributed by atoms with Gasteiger partial charge in [0.15, 0.2) is 0 Å². The molecule has 6 heteroatoms. The van der Waals surface area contributed by atoms with Crippen molar-refractivity contribution in [3.63, 3.8) is 0 Å². The Morgan fingerprint density at radius 3 is 2.34 bits per heavy atom. The van der Waals surface area contributed by atoms with E-state index in [0.717, 1.165) is 36.0 Å². The van der Waals surface area contributed by atoms with E-state index in [1.54, 1.807) is 0 Å². The first-order valence-corrected chi connectivity index (χ1v) is 13.7. The third kappa shape index (κ3) is 5.82. The first-order chi connectivity index (χ1) is 16.8. The van der Waals surface area contributed by atoms with Gasteiger partial charge in [0.1, 0.15) is 0 Å². The van der Waals surface area contributed by atoms with E-state index in [-0.39, 0.29) is 25.0 Å². The summed E-state index contributed by atoms with van der Waals surface area (Å²) in [4.78, 5) is 13.5. The Bertz CT molecular complexity index is 1280. The third-order valence-electron chi connectivity index (χ3n) is 6.72. The van der Waals surface area contributed by atoms with Gasteiger partial charge in [-0.1, -0.05) is 72.3 Å². The Morgan fingerprint density at radius 2 is 1.63 bits per heavy atom. The summed E-state index contributed by atoms with van der Waals surface area (Å²) in [7, 11) is -3.87. The highest BCUT2D eigenvalue weighted by molar-refractivity contribution is 7.89. The Balaban J connectivity index is 1.59. The zero-order valence-corrected chi connectivity index (χ0v) is 21.6. The second-order valence-corrected chi connectivity index (χ2v) is 11.4. The van der Waals surface area contributed by atoms with Crippen molar-refractivity contribution < 1.29 is 13.2 Å². The molecule has 1 aliphatic rings. The van der Waals surface area contributed by atoms with Gasteiger partial charge >= 0.3 is 0 Å². The van der Waals surface area contributed by atoms with Crippen LogP contribution in [0.15, 0.2) is 71.6 Å². The number of carbonyl (C=O) groups is 1. The van der Waals surface area contributed by atoms with E-state index in [9.17, 15) is 13.2 Å². The zero-order chi connectivity index (χ0) is 25.0. The largest absolute Gasteiger partial charge is 0.348 e. The van der Waals surface area contributed by atoms with E-state index in [1.165, 1.54) is 9.87 Å². The molecule has 0 radical (unpaired) electrons. The van der Waals surface area contributed by atoms with Gasteiger partial charge in [-0.15, -0.1) is 0 Å². The molecule has 1 unspecified atom stereocenters. The lowest BCUT2D eigenvalue weighted by Crippen LogP contribution is -2.43. The molecule has 0 heterocycles. The Hall–Kier alpha value is -2.96. The number of hydrogen-bond donors (Lipinski definition) is 1. The Labute approximate surface area is 209 Å². The molecule has 4 rings (SSSR count). The third-order valence-corrected chi connectivity index (χ3v) is 8.87. The number of carbonyl (C=O) groups excluding carboxylic acids is 1. The van der Waals surface area contributed by atoms with E-state index in [0.29, 0.717) is 22.4 Å². The molecule has 0 spiro atoms. The minimum absolute atomic E-state index is 0.0889. The van der Waals surface area contributed by atoms with Crippen LogP contribution >= 0.6 is 0 Å². The van der Waals surface area contributed by atoms with Crippen molar-refractivity contribution in [3.8, 4) is 0 Å². The molecule has 0 bridgehead atoms. The second-order valence-electron chi connectivity index (χ2n) is 9.51. The number of nitrogens with zero attached hydrogens (tertiary/aromatic N) is 1. The molecule has 184 valence electrons. The van der Waals surface area contributed by atoms with Crippen LogP contribution < -0.4 is 5.32 Å². The first-order valence-electron chi connectivity index (χ1n) is 12.2. The molecule has 35 heavy (non-hydrogen) atoms. The molecule has 0 saturated carbocycles. The van der Waals surface area contributed by atoms with Crippen molar-refractivity contribution in [3.05, 3.63) is 100 Å². The summed E-state index contributed by atoms with van der Waals surface area (Å²) in [5.41, 5.74) is 5.84. The molecule has 1 amide bonds. The number of fused-ring (bicyclic) bond motifs is 1. The summed E-state index contributed by atoms with van der Waals surface area (Å²) in [5.74, 6) is -0.272. The van der Waals surface area contributed by atoms with Crippen molar-refractivity contribution in [2.75, 3.05) is 13.1 Å². The zero-order valence-electron chi connectivity index (χ0n) is 20.8. The number of rotatable bonds is 8. The summed E-state index contributed by atoms with van der Waals surface area (Å²) in [6, 6.07) is 21.6. The average Bonchev–Trinajstić information content (AvgIpc) is 2.81. The maximum absolute atomic E-state index is 13.9. The van der Waals surface area contributed by atoms with Crippen LogP contribution in [0.1, 0.15) is 52.3 Å². The molecule has 0 saturated heterocycles. The van der Waals surface area contributed by atoms with Gasteiger partial charge in [-0.25, -0.2) is 8.42 Å². The minimum Gasteiger partial charge on any atom is -0.348 e. The van der Waals surface area contributed by atoms with E-state index >= 15 is 0 Å². The number of hydrogen-bond acceptors (Lipinski definition) is 3. The second kappa shape index (κ2) is 10.8. The van der Waals surface area contributed by atoms with Gasteiger partial charge in [0, 0.05) is 6.54 Å². The van der Waals surface area contributed by atoms with Gasteiger partial charge in [0.2, 0.25) is 15.9 Å². The molecule has 1 aliphatic carbocycles. The molecule has 1 N–H and O–H groups in total. The van der Waals surface area contributed by atoms with E-state index in [4.69, 9.17) is 0 Å². The van der Waals surface area contributed by atoms with Crippen molar-refractivity contribution in [2.24, 2.45) is 0 Å². The molecule has 0 aromatic heterocycles. The highest BCUT2D eigenvalue weighted by Crippen LogP contribution is 2.30. The highest BCUT2D eigenvalue weighted by atomic mass is 32.2. The fourth-order valence-electron chi connectivity index (χ4n) is 5.19. The van der Waals surface area contributed by atoms with Crippen molar-refractivity contribution in [1.29, 1.82) is 0 Å². The molecule has 3 aromatic carbocycles. The number of nitrogens with one attached hydrogen (secondary N) is 1. The lowest BCUT2D eigenvalue weighted by Gasteiger charge is -2.28. The summed E-state index contributed by atoms with van der Waals surface area (Å²) in [6.07, 6.45) is 3.39. The Morgan fingerprint density at radius 1 is 0.971 bits per heavy atom. The average molecular weight is 491 g/mol. The van der Waals surface area contributed by atoms with Crippen LogP contribution in [0.2, 0.25) is 0 Å². The minimum atomic E-state index is -3.87. The fraction of sp³-hybridized carbons (Fsp3) is 0.345. The number of benzene rings is 3. The van der Waals surface area contributed by atoms with Crippen LogP contribution in [-0.4, -0.2) is 31.7 Å².